The van der Waals surface area contributed by atoms with E-state index in [2.05, 4.69) is 9.98 Å². The molecule has 1 aliphatic heterocycles. The number of carboxylic acids is 1. The first-order valence-corrected chi connectivity index (χ1v) is 9.87. The molecule has 0 N–H and O–H groups in total. The Balaban J connectivity index is 0.000000758. The van der Waals surface area contributed by atoms with Crippen LogP contribution in [0.1, 0.15) is 29.7 Å². The molecule has 0 bridgehead atoms. The number of carboxylic acid groups (broad SMARTS) is 1. The van der Waals surface area contributed by atoms with Crippen molar-refractivity contribution >= 4 is 29.5 Å². The third-order valence-corrected chi connectivity index (χ3v) is 4.52. The van der Waals surface area contributed by atoms with Crippen LogP contribution < -0.4 is 10.2 Å². The number of carbonyl (C=O) groups excluding carboxylic acids is 1. The molecule has 0 aromatic heterocycles. The molecular formula is C24H19CuN3O6. The molecule has 1 heterocycles. The molecule has 1 aliphatic rings. The van der Waals surface area contributed by atoms with Crippen LogP contribution in [0.5, 0.6) is 5.75 Å². The maximum atomic E-state index is 12.0. The number of non-ortho nitro benzene ring substituents is 1. The normalized spacial score (nSPS) is 14.3. The molecule has 1 atom stereocenters. The van der Waals surface area contributed by atoms with Crippen molar-refractivity contribution in [3.8, 4) is 5.75 Å². The van der Waals surface area contributed by atoms with Crippen molar-refractivity contribution in [3.05, 3.63) is 99.6 Å². The standard InChI is InChI=1S/C22H17N3O4.C2H4O2.Cu/c26-21-11-10-17(25(27)28)12-16(21)13-23-19-9-5-4-8-18(19)22-24-20(14-29-22)15-6-2-1-3-7-15;1-2(3)4;/h1-13,20,26H,14H2;1H3,(H,3,4);/q;;+2/p-2/t20-;;/m1../s1. The quantitative estimate of drug-likeness (QED) is 0.224. The van der Waals surface area contributed by atoms with Crippen molar-refractivity contribution in [2.45, 2.75) is 13.0 Å². The molecule has 0 fully saturated rings. The van der Waals surface area contributed by atoms with Crippen LogP contribution >= 0.6 is 0 Å². The molecule has 0 spiro atoms. The minimum absolute atomic E-state index is 0. The first-order valence-electron chi connectivity index (χ1n) is 9.87. The van der Waals surface area contributed by atoms with Gasteiger partial charge in [-0.05, 0) is 30.2 Å². The molecule has 3 aromatic carbocycles. The van der Waals surface area contributed by atoms with Crippen LogP contribution in [0.3, 0.4) is 0 Å². The Morgan fingerprint density at radius 3 is 2.44 bits per heavy atom. The number of rotatable bonds is 5. The Labute approximate surface area is 206 Å². The second-order valence-corrected chi connectivity index (χ2v) is 6.92. The Kier molecular flexibility index (Phi) is 9.49. The molecule has 3 aromatic rings. The largest absolute Gasteiger partial charge is 2.00 e. The number of para-hydroxylation sites is 1. The Morgan fingerprint density at radius 2 is 1.76 bits per heavy atom. The van der Waals surface area contributed by atoms with Gasteiger partial charge in [0.1, 0.15) is 12.6 Å². The van der Waals surface area contributed by atoms with E-state index in [0.29, 0.717) is 23.8 Å². The smallest absolute Gasteiger partial charge is 0.872 e. The first kappa shape index (κ1) is 26.2. The van der Waals surface area contributed by atoms with E-state index in [4.69, 9.17) is 14.6 Å². The summed E-state index contributed by atoms with van der Waals surface area (Å²) in [6, 6.07) is 20.6. The molecule has 0 unspecified atom stereocenters. The molecule has 4 rings (SSSR count). The molecule has 34 heavy (non-hydrogen) atoms. The van der Waals surface area contributed by atoms with Gasteiger partial charge in [0.05, 0.1) is 16.2 Å². The molecule has 0 aliphatic carbocycles. The molecule has 177 valence electrons. The van der Waals surface area contributed by atoms with E-state index in [1.807, 2.05) is 48.5 Å². The summed E-state index contributed by atoms with van der Waals surface area (Å²) in [5.74, 6) is -0.941. The van der Waals surface area contributed by atoms with Gasteiger partial charge in [-0.15, -0.1) is 0 Å². The monoisotopic (exact) mass is 508 g/mol. The minimum atomic E-state index is -1.08. The van der Waals surface area contributed by atoms with Crippen LogP contribution in [0, 0.1) is 10.1 Å². The van der Waals surface area contributed by atoms with E-state index in [0.717, 1.165) is 12.5 Å². The fourth-order valence-corrected chi connectivity index (χ4v) is 3.02. The summed E-state index contributed by atoms with van der Waals surface area (Å²) in [5.41, 5.74) is 2.31. The number of aliphatic carboxylic acids is 1. The van der Waals surface area contributed by atoms with Gasteiger partial charge in [0.2, 0.25) is 5.90 Å². The number of hydrogen-bond acceptors (Lipinski definition) is 8. The Hall–Kier alpha value is -4.01. The summed E-state index contributed by atoms with van der Waals surface area (Å²) < 4.78 is 5.80. The van der Waals surface area contributed by atoms with Crippen LogP contribution in [0.4, 0.5) is 11.4 Å². The van der Waals surface area contributed by atoms with E-state index < -0.39 is 10.9 Å². The van der Waals surface area contributed by atoms with Crippen LogP contribution in [0.25, 0.3) is 0 Å². The number of aliphatic imine (C=N–C) groups is 2. The number of benzene rings is 3. The van der Waals surface area contributed by atoms with Crippen molar-refractivity contribution in [2.24, 2.45) is 9.98 Å². The van der Waals surface area contributed by atoms with Crippen molar-refractivity contribution < 1.29 is 41.7 Å². The minimum Gasteiger partial charge on any atom is -0.872 e. The van der Waals surface area contributed by atoms with Gasteiger partial charge in [-0.3, -0.25) is 15.1 Å². The summed E-state index contributed by atoms with van der Waals surface area (Å²) in [4.78, 5) is 28.3. The van der Waals surface area contributed by atoms with E-state index in [-0.39, 0.29) is 40.1 Å². The fraction of sp³-hybridized carbons (Fsp3) is 0.125. The predicted octanol–water partition coefficient (Wildman–Crippen LogP) is 2.69. The van der Waals surface area contributed by atoms with Crippen LogP contribution in [0.15, 0.2) is 82.8 Å². The van der Waals surface area contributed by atoms with Crippen molar-refractivity contribution in [2.75, 3.05) is 6.61 Å². The second-order valence-electron chi connectivity index (χ2n) is 6.92. The molecule has 10 heteroatoms. The number of nitrogens with zero attached hydrogens (tertiary/aromatic N) is 3. The van der Waals surface area contributed by atoms with Crippen molar-refractivity contribution in [1.29, 1.82) is 0 Å². The Morgan fingerprint density at radius 1 is 1.12 bits per heavy atom. The van der Waals surface area contributed by atoms with Gasteiger partial charge in [0, 0.05) is 24.3 Å². The third-order valence-electron chi connectivity index (χ3n) is 4.52. The maximum Gasteiger partial charge on any atom is 2.00 e. The summed E-state index contributed by atoms with van der Waals surface area (Å²) in [6.07, 6.45) is 1.33. The number of ether oxygens (including phenoxy) is 1. The number of nitro benzene ring substituents is 1. The zero-order valence-electron chi connectivity index (χ0n) is 17.9. The molecule has 9 nitrogen and oxygen atoms in total. The SMILES string of the molecule is CC(=O)[O-].O=[N+]([O-])c1ccc([O-])c(C=Nc2ccccc2C2=N[C@@H](c3ccccc3)CO2)c1.[Cu+2]. The average Bonchev–Trinajstić information content (AvgIpc) is 3.29. The molecule has 0 amide bonds. The van der Waals surface area contributed by atoms with Gasteiger partial charge >= 0.3 is 17.1 Å². The average molecular weight is 509 g/mol. The van der Waals surface area contributed by atoms with E-state index in [1.165, 1.54) is 24.4 Å². The maximum absolute atomic E-state index is 12.0. The van der Waals surface area contributed by atoms with Gasteiger partial charge in [-0.1, -0.05) is 54.3 Å². The van der Waals surface area contributed by atoms with Gasteiger partial charge in [-0.25, -0.2) is 4.99 Å². The fourth-order valence-electron chi connectivity index (χ4n) is 3.02. The zero-order valence-corrected chi connectivity index (χ0v) is 18.8. The van der Waals surface area contributed by atoms with Crippen molar-refractivity contribution in [1.82, 2.24) is 0 Å². The molecule has 0 saturated heterocycles. The third kappa shape index (κ3) is 6.99. The number of nitro groups is 1. The summed E-state index contributed by atoms with van der Waals surface area (Å²) in [6.45, 7) is 1.41. The number of carbonyl (C=O) groups is 1. The second kappa shape index (κ2) is 12.3. The Bertz CT molecular complexity index is 1210. The van der Waals surface area contributed by atoms with Crippen LogP contribution in [0.2, 0.25) is 0 Å². The first-order chi connectivity index (χ1) is 15.8. The molecule has 1 radical (unpaired) electrons. The topological polar surface area (TPSA) is 140 Å². The predicted molar refractivity (Wildman–Crippen MR) is 119 cm³/mol. The van der Waals surface area contributed by atoms with Crippen molar-refractivity contribution in [3.63, 3.8) is 0 Å². The van der Waals surface area contributed by atoms with Crippen LogP contribution in [-0.4, -0.2) is 29.6 Å². The van der Waals surface area contributed by atoms with E-state index >= 15 is 0 Å². The summed E-state index contributed by atoms with van der Waals surface area (Å²) in [7, 11) is 0. The summed E-state index contributed by atoms with van der Waals surface area (Å²) >= 11 is 0. The molecule has 0 saturated carbocycles. The van der Waals surface area contributed by atoms with Crippen LogP contribution in [-0.2, 0) is 26.6 Å². The van der Waals surface area contributed by atoms with Gasteiger partial charge < -0.3 is 19.7 Å². The van der Waals surface area contributed by atoms with Gasteiger partial charge in [0.15, 0.2) is 0 Å². The van der Waals surface area contributed by atoms with E-state index in [1.54, 1.807) is 6.07 Å². The molecular weight excluding hydrogens is 490 g/mol. The zero-order chi connectivity index (χ0) is 23.8. The van der Waals surface area contributed by atoms with Gasteiger partial charge in [-0.2, -0.15) is 0 Å². The summed E-state index contributed by atoms with van der Waals surface area (Å²) in [5, 5.41) is 31.8. The van der Waals surface area contributed by atoms with Gasteiger partial charge in [0.25, 0.3) is 5.69 Å². The number of hydrogen-bond donors (Lipinski definition) is 0. The van der Waals surface area contributed by atoms with E-state index in [9.17, 15) is 15.2 Å².